The second-order valence-corrected chi connectivity index (χ2v) is 5.61. The van der Waals surface area contributed by atoms with Crippen molar-refractivity contribution >= 4 is 29.4 Å². The Kier molecular flexibility index (Phi) is 5.37. The van der Waals surface area contributed by atoms with E-state index in [-0.39, 0.29) is 24.4 Å². The number of nitrogens with one attached hydrogen (secondary N) is 2. The number of rotatable bonds is 3. The molecule has 3 heterocycles. The maximum Gasteiger partial charge on any atom is 0.257 e. The van der Waals surface area contributed by atoms with Gasteiger partial charge in [-0.3, -0.25) is 4.79 Å². The molecule has 0 aromatic carbocycles. The fraction of sp³-hybridized carbons (Fsp3) is 0.533. The highest BCUT2D eigenvalue weighted by Crippen LogP contribution is 2.19. The summed E-state index contributed by atoms with van der Waals surface area (Å²) in [4.78, 5) is 16.6. The van der Waals surface area contributed by atoms with Gasteiger partial charge >= 0.3 is 0 Å². The third kappa shape index (κ3) is 3.23. The van der Waals surface area contributed by atoms with Gasteiger partial charge in [0.25, 0.3) is 11.6 Å². The van der Waals surface area contributed by atoms with Gasteiger partial charge in [0.1, 0.15) is 0 Å². The summed E-state index contributed by atoms with van der Waals surface area (Å²) in [6.45, 7) is 6.00. The van der Waals surface area contributed by atoms with Crippen LogP contribution in [0.15, 0.2) is 16.8 Å². The molecule has 1 saturated heterocycles. The Morgan fingerprint density at radius 3 is 3.09 bits per heavy atom. The van der Waals surface area contributed by atoms with Crippen molar-refractivity contribution in [1.29, 1.82) is 0 Å². The SMILES string of the molecule is CCc1noc2ncc(C(=O)NC3CNCCC3C)cc12.Cl. The van der Waals surface area contributed by atoms with Crippen LogP contribution in [-0.2, 0) is 6.42 Å². The molecule has 1 aliphatic heterocycles. The minimum Gasteiger partial charge on any atom is -0.348 e. The van der Waals surface area contributed by atoms with Crippen molar-refractivity contribution < 1.29 is 9.32 Å². The van der Waals surface area contributed by atoms with Gasteiger partial charge in [0.2, 0.25) is 0 Å². The first-order valence-electron chi connectivity index (χ1n) is 7.45. The van der Waals surface area contributed by atoms with E-state index in [1.54, 1.807) is 6.20 Å². The van der Waals surface area contributed by atoms with Crippen LogP contribution in [0.3, 0.4) is 0 Å². The Morgan fingerprint density at radius 2 is 2.36 bits per heavy atom. The van der Waals surface area contributed by atoms with Gasteiger partial charge in [0.15, 0.2) is 0 Å². The number of halogens is 1. The van der Waals surface area contributed by atoms with Crippen LogP contribution in [0, 0.1) is 5.92 Å². The Hall–Kier alpha value is -1.66. The molecule has 0 saturated carbocycles. The Morgan fingerprint density at radius 1 is 1.55 bits per heavy atom. The maximum absolute atomic E-state index is 12.4. The van der Waals surface area contributed by atoms with Gasteiger partial charge in [0.05, 0.1) is 16.6 Å². The number of nitrogens with zero attached hydrogens (tertiary/aromatic N) is 2. The lowest BCUT2D eigenvalue weighted by Crippen LogP contribution is -2.50. The first-order valence-corrected chi connectivity index (χ1v) is 7.45. The van der Waals surface area contributed by atoms with Crippen molar-refractivity contribution in [3.8, 4) is 0 Å². The molecule has 6 nitrogen and oxygen atoms in total. The lowest BCUT2D eigenvalue weighted by atomic mass is 9.94. The first kappa shape index (κ1) is 16.7. The van der Waals surface area contributed by atoms with Crippen LogP contribution in [0.5, 0.6) is 0 Å². The molecule has 0 aliphatic carbocycles. The van der Waals surface area contributed by atoms with Crippen molar-refractivity contribution in [2.24, 2.45) is 5.92 Å². The van der Waals surface area contributed by atoms with Gasteiger partial charge in [-0.25, -0.2) is 4.98 Å². The topological polar surface area (TPSA) is 80.0 Å². The smallest absolute Gasteiger partial charge is 0.257 e. The third-order valence-electron chi connectivity index (χ3n) is 4.15. The van der Waals surface area contributed by atoms with Crippen molar-refractivity contribution in [2.45, 2.75) is 32.7 Å². The standard InChI is InChI=1S/C15H20N4O2.ClH/c1-3-12-11-6-10(7-17-15(11)21-19-12)14(20)18-13-8-16-5-4-9(13)2;/h6-7,9,13,16H,3-5,8H2,1-2H3,(H,18,20);1H. The first-order chi connectivity index (χ1) is 10.2. The summed E-state index contributed by atoms with van der Waals surface area (Å²) in [6, 6.07) is 1.98. The van der Waals surface area contributed by atoms with E-state index in [0.717, 1.165) is 37.0 Å². The van der Waals surface area contributed by atoms with Gasteiger partial charge in [-0.05, 0) is 31.4 Å². The van der Waals surface area contributed by atoms with E-state index in [4.69, 9.17) is 4.52 Å². The molecule has 2 N–H and O–H groups in total. The van der Waals surface area contributed by atoms with E-state index < -0.39 is 0 Å². The van der Waals surface area contributed by atoms with E-state index >= 15 is 0 Å². The van der Waals surface area contributed by atoms with Crippen molar-refractivity contribution in [3.05, 3.63) is 23.5 Å². The zero-order valence-electron chi connectivity index (χ0n) is 12.8. The number of amides is 1. The van der Waals surface area contributed by atoms with E-state index in [1.165, 1.54) is 0 Å². The van der Waals surface area contributed by atoms with Crippen LogP contribution < -0.4 is 10.6 Å². The van der Waals surface area contributed by atoms with E-state index in [2.05, 4.69) is 27.7 Å². The zero-order chi connectivity index (χ0) is 14.8. The molecule has 1 aliphatic rings. The second-order valence-electron chi connectivity index (χ2n) is 5.61. The minimum atomic E-state index is -0.0896. The lowest BCUT2D eigenvalue weighted by Gasteiger charge is -2.30. The third-order valence-corrected chi connectivity index (χ3v) is 4.15. The van der Waals surface area contributed by atoms with Crippen LogP contribution in [0.2, 0.25) is 0 Å². The molecular weight excluding hydrogens is 304 g/mol. The fourth-order valence-corrected chi connectivity index (χ4v) is 2.69. The molecule has 3 rings (SSSR count). The maximum atomic E-state index is 12.4. The highest BCUT2D eigenvalue weighted by Gasteiger charge is 2.23. The molecule has 0 bridgehead atoms. The highest BCUT2D eigenvalue weighted by atomic mass is 35.5. The number of piperidine rings is 1. The largest absolute Gasteiger partial charge is 0.348 e. The average Bonchev–Trinajstić information content (AvgIpc) is 2.91. The average molecular weight is 325 g/mol. The summed E-state index contributed by atoms with van der Waals surface area (Å²) in [7, 11) is 0. The highest BCUT2D eigenvalue weighted by molar-refractivity contribution is 5.97. The number of aryl methyl sites for hydroxylation is 1. The number of hydrogen-bond donors (Lipinski definition) is 2. The summed E-state index contributed by atoms with van der Waals surface area (Å²) < 4.78 is 5.14. The van der Waals surface area contributed by atoms with Crippen LogP contribution in [-0.4, -0.2) is 35.2 Å². The van der Waals surface area contributed by atoms with E-state index in [1.807, 2.05) is 13.0 Å². The summed E-state index contributed by atoms with van der Waals surface area (Å²) >= 11 is 0. The van der Waals surface area contributed by atoms with Gasteiger partial charge in [-0.15, -0.1) is 12.4 Å². The predicted octanol–water partition coefficient (Wildman–Crippen LogP) is 1.93. The number of aromatic nitrogens is 2. The summed E-state index contributed by atoms with van der Waals surface area (Å²) in [5.74, 6) is 0.391. The summed E-state index contributed by atoms with van der Waals surface area (Å²) in [5.41, 5.74) is 1.87. The van der Waals surface area contributed by atoms with Crippen molar-refractivity contribution in [1.82, 2.24) is 20.8 Å². The second kappa shape index (κ2) is 7.07. The molecule has 120 valence electrons. The summed E-state index contributed by atoms with van der Waals surface area (Å²) in [6.07, 6.45) is 3.38. The molecule has 2 atom stereocenters. The number of pyridine rings is 1. The Balaban J connectivity index is 0.00000176. The number of carbonyl (C=O) groups excluding carboxylic acids is 1. The van der Waals surface area contributed by atoms with E-state index in [9.17, 15) is 4.79 Å². The molecule has 1 amide bonds. The van der Waals surface area contributed by atoms with Crippen molar-refractivity contribution in [2.75, 3.05) is 13.1 Å². The van der Waals surface area contributed by atoms with Crippen LogP contribution >= 0.6 is 12.4 Å². The molecule has 0 spiro atoms. The number of carbonyl (C=O) groups is 1. The van der Waals surface area contributed by atoms with Gasteiger partial charge in [-0.1, -0.05) is 19.0 Å². The van der Waals surface area contributed by atoms with Crippen LogP contribution in [0.25, 0.3) is 11.1 Å². The van der Waals surface area contributed by atoms with Gasteiger partial charge < -0.3 is 15.2 Å². The molecule has 7 heteroatoms. The Labute approximate surface area is 135 Å². The molecule has 0 radical (unpaired) electrons. The van der Waals surface area contributed by atoms with Crippen molar-refractivity contribution in [3.63, 3.8) is 0 Å². The number of fused-ring (bicyclic) bond motifs is 1. The molecule has 22 heavy (non-hydrogen) atoms. The predicted molar refractivity (Wildman–Crippen MR) is 86.3 cm³/mol. The Bertz CT molecular complexity index is 658. The number of hydrogen-bond acceptors (Lipinski definition) is 5. The summed E-state index contributed by atoms with van der Waals surface area (Å²) in [5, 5.41) is 11.2. The van der Waals surface area contributed by atoms with Crippen LogP contribution in [0.4, 0.5) is 0 Å². The molecule has 1 fully saturated rings. The van der Waals surface area contributed by atoms with Gasteiger partial charge in [0, 0.05) is 18.8 Å². The molecular formula is C15H21ClN4O2. The molecule has 2 unspecified atom stereocenters. The minimum absolute atomic E-state index is 0. The van der Waals surface area contributed by atoms with E-state index in [0.29, 0.717) is 17.2 Å². The van der Waals surface area contributed by atoms with Crippen LogP contribution in [0.1, 0.15) is 36.3 Å². The zero-order valence-corrected chi connectivity index (χ0v) is 13.6. The molecule has 2 aromatic rings. The normalized spacial score (nSPS) is 21.4. The fourth-order valence-electron chi connectivity index (χ4n) is 2.69. The van der Waals surface area contributed by atoms with Gasteiger partial charge in [-0.2, -0.15) is 0 Å². The molecule has 2 aromatic heterocycles. The monoisotopic (exact) mass is 324 g/mol. The quantitative estimate of drug-likeness (QED) is 0.902. The lowest BCUT2D eigenvalue weighted by molar-refractivity contribution is 0.0915.